The molecule has 1 N–H and O–H groups in total. The van der Waals surface area contributed by atoms with Gasteiger partial charge >= 0.3 is 0 Å². The van der Waals surface area contributed by atoms with E-state index in [4.69, 9.17) is 4.74 Å². The molecule has 1 heterocycles. The van der Waals surface area contributed by atoms with Crippen molar-refractivity contribution in [2.45, 2.75) is 51.2 Å². The molecule has 3 atom stereocenters. The predicted octanol–water partition coefficient (Wildman–Crippen LogP) is 2.70. The third kappa shape index (κ3) is 4.22. The summed E-state index contributed by atoms with van der Waals surface area (Å²) in [6.07, 6.45) is 3.59. The van der Waals surface area contributed by atoms with Crippen molar-refractivity contribution in [3.8, 4) is 5.75 Å². The van der Waals surface area contributed by atoms with E-state index in [1.807, 2.05) is 12.1 Å². The average Bonchev–Trinajstić information content (AvgIpc) is 2.44. The van der Waals surface area contributed by atoms with E-state index in [2.05, 4.69) is 43.2 Å². The standard InChI is InChI=1S/C17H28N2O/c1-13(11-15-5-7-17(20-4)8-6-15)18-16-9-10-19(3)14(2)12-16/h5-8,13-14,16,18H,9-12H2,1-4H3. The average molecular weight is 276 g/mol. The van der Waals surface area contributed by atoms with Crippen LogP contribution < -0.4 is 10.1 Å². The van der Waals surface area contributed by atoms with Gasteiger partial charge in [-0.2, -0.15) is 0 Å². The van der Waals surface area contributed by atoms with Gasteiger partial charge in [0.15, 0.2) is 0 Å². The lowest BCUT2D eigenvalue weighted by atomic mass is 9.97. The maximum Gasteiger partial charge on any atom is 0.118 e. The van der Waals surface area contributed by atoms with Gasteiger partial charge in [0, 0.05) is 18.1 Å². The van der Waals surface area contributed by atoms with Gasteiger partial charge in [0.05, 0.1) is 7.11 Å². The zero-order valence-corrected chi connectivity index (χ0v) is 13.2. The Balaban J connectivity index is 1.81. The van der Waals surface area contributed by atoms with Gasteiger partial charge in [0.25, 0.3) is 0 Å². The Morgan fingerprint density at radius 2 is 2.05 bits per heavy atom. The Kier molecular flexibility index (Phi) is 5.44. The molecule has 0 bridgehead atoms. The number of benzene rings is 1. The number of hydrogen-bond donors (Lipinski definition) is 1. The first-order valence-electron chi connectivity index (χ1n) is 7.67. The second-order valence-corrected chi connectivity index (χ2v) is 6.17. The first-order valence-corrected chi connectivity index (χ1v) is 7.67. The second kappa shape index (κ2) is 7.09. The van der Waals surface area contributed by atoms with Crippen molar-refractivity contribution in [1.82, 2.24) is 10.2 Å². The minimum atomic E-state index is 0.518. The molecule has 1 fully saturated rings. The summed E-state index contributed by atoms with van der Waals surface area (Å²) >= 11 is 0. The number of piperidine rings is 1. The minimum absolute atomic E-state index is 0.518. The van der Waals surface area contributed by atoms with Crippen LogP contribution in [0.25, 0.3) is 0 Å². The lowest BCUT2D eigenvalue weighted by molar-refractivity contribution is 0.163. The monoisotopic (exact) mass is 276 g/mol. The number of nitrogens with one attached hydrogen (secondary N) is 1. The molecule has 112 valence electrons. The number of nitrogens with zero attached hydrogens (tertiary/aromatic N) is 1. The number of likely N-dealkylation sites (tertiary alicyclic amines) is 1. The summed E-state index contributed by atoms with van der Waals surface area (Å²) in [7, 11) is 3.93. The van der Waals surface area contributed by atoms with E-state index in [-0.39, 0.29) is 0 Å². The smallest absolute Gasteiger partial charge is 0.118 e. The Bertz CT molecular complexity index is 404. The van der Waals surface area contributed by atoms with Crippen molar-refractivity contribution in [3.05, 3.63) is 29.8 Å². The SMILES string of the molecule is COc1ccc(CC(C)NC2CCN(C)C(C)C2)cc1. The molecule has 0 spiro atoms. The topological polar surface area (TPSA) is 24.5 Å². The molecule has 1 aromatic rings. The van der Waals surface area contributed by atoms with Crippen LogP contribution in [0.1, 0.15) is 32.3 Å². The number of methoxy groups -OCH3 is 1. The van der Waals surface area contributed by atoms with Crippen molar-refractivity contribution in [2.75, 3.05) is 20.7 Å². The largest absolute Gasteiger partial charge is 0.497 e. The molecular weight excluding hydrogens is 248 g/mol. The molecule has 0 amide bonds. The molecule has 3 unspecified atom stereocenters. The van der Waals surface area contributed by atoms with Crippen molar-refractivity contribution < 1.29 is 4.74 Å². The lowest BCUT2D eigenvalue weighted by Gasteiger charge is -2.36. The minimum Gasteiger partial charge on any atom is -0.497 e. The predicted molar refractivity (Wildman–Crippen MR) is 84.4 cm³/mol. The van der Waals surface area contributed by atoms with Gasteiger partial charge in [0.2, 0.25) is 0 Å². The molecule has 1 aliphatic rings. The molecule has 20 heavy (non-hydrogen) atoms. The van der Waals surface area contributed by atoms with E-state index >= 15 is 0 Å². The number of hydrogen-bond acceptors (Lipinski definition) is 3. The summed E-state index contributed by atoms with van der Waals surface area (Å²) in [4.78, 5) is 2.45. The van der Waals surface area contributed by atoms with Crippen LogP contribution in [0.15, 0.2) is 24.3 Å². The molecular formula is C17H28N2O. The summed E-state index contributed by atoms with van der Waals surface area (Å²) in [6, 6.07) is 10.3. The van der Waals surface area contributed by atoms with Crippen molar-refractivity contribution in [2.24, 2.45) is 0 Å². The zero-order valence-electron chi connectivity index (χ0n) is 13.2. The van der Waals surface area contributed by atoms with Gasteiger partial charge in [-0.3, -0.25) is 0 Å². The van der Waals surface area contributed by atoms with Crippen LogP contribution in [0.3, 0.4) is 0 Å². The van der Waals surface area contributed by atoms with Gasteiger partial charge in [0.1, 0.15) is 5.75 Å². The fourth-order valence-corrected chi connectivity index (χ4v) is 3.02. The third-order valence-corrected chi connectivity index (χ3v) is 4.43. The molecule has 1 saturated heterocycles. The Hall–Kier alpha value is -1.06. The van der Waals surface area contributed by atoms with Crippen LogP contribution in [-0.2, 0) is 6.42 Å². The highest BCUT2D eigenvalue weighted by Crippen LogP contribution is 2.17. The zero-order chi connectivity index (χ0) is 14.5. The normalized spacial score (nSPS) is 25.4. The van der Waals surface area contributed by atoms with E-state index in [9.17, 15) is 0 Å². The molecule has 0 radical (unpaired) electrons. The number of rotatable bonds is 5. The Morgan fingerprint density at radius 3 is 2.65 bits per heavy atom. The van der Waals surface area contributed by atoms with Crippen LogP contribution >= 0.6 is 0 Å². The van der Waals surface area contributed by atoms with E-state index in [0.29, 0.717) is 18.1 Å². The fraction of sp³-hybridized carbons (Fsp3) is 0.647. The summed E-state index contributed by atoms with van der Waals surface area (Å²) in [5.41, 5.74) is 1.37. The molecule has 3 heteroatoms. The van der Waals surface area contributed by atoms with E-state index < -0.39 is 0 Å². The summed E-state index contributed by atoms with van der Waals surface area (Å²) in [6.45, 7) is 5.81. The van der Waals surface area contributed by atoms with Crippen LogP contribution in [0.5, 0.6) is 5.75 Å². The van der Waals surface area contributed by atoms with Crippen LogP contribution in [0.4, 0.5) is 0 Å². The van der Waals surface area contributed by atoms with Gasteiger partial charge in [-0.25, -0.2) is 0 Å². The van der Waals surface area contributed by atoms with Gasteiger partial charge < -0.3 is 15.0 Å². The molecule has 0 aromatic heterocycles. The maximum atomic E-state index is 5.20. The van der Waals surface area contributed by atoms with Crippen LogP contribution in [0.2, 0.25) is 0 Å². The quantitative estimate of drug-likeness (QED) is 0.895. The molecule has 3 nitrogen and oxygen atoms in total. The fourth-order valence-electron chi connectivity index (χ4n) is 3.02. The van der Waals surface area contributed by atoms with Crippen molar-refractivity contribution in [3.63, 3.8) is 0 Å². The summed E-state index contributed by atoms with van der Waals surface area (Å²) in [5.74, 6) is 0.929. The third-order valence-electron chi connectivity index (χ3n) is 4.43. The van der Waals surface area contributed by atoms with E-state index in [1.165, 1.54) is 24.9 Å². The molecule has 0 aliphatic carbocycles. The second-order valence-electron chi connectivity index (χ2n) is 6.17. The maximum absolute atomic E-state index is 5.20. The van der Waals surface area contributed by atoms with Crippen molar-refractivity contribution in [1.29, 1.82) is 0 Å². The summed E-state index contributed by atoms with van der Waals surface area (Å²) < 4.78 is 5.20. The Morgan fingerprint density at radius 1 is 1.35 bits per heavy atom. The lowest BCUT2D eigenvalue weighted by Crippen LogP contribution is -2.48. The molecule has 1 aromatic carbocycles. The van der Waals surface area contributed by atoms with E-state index in [1.54, 1.807) is 7.11 Å². The molecule has 0 saturated carbocycles. The van der Waals surface area contributed by atoms with Gasteiger partial charge in [-0.05, 0) is 64.4 Å². The molecule has 1 aliphatic heterocycles. The summed E-state index contributed by atoms with van der Waals surface area (Å²) in [5, 5.41) is 3.79. The van der Waals surface area contributed by atoms with Gasteiger partial charge in [-0.1, -0.05) is 12.1 Å². The first kappa shape index (κ1) is 15.3. The Labute approximate surface area is 123 Å². The molecule has 2 rings (SSSR count). The van der Waals surface area contributed by atoms with Crippen molar-refractivity contribution >= 4 is 0 Å². The van der Waals surface area contributed by atoms with Gasteiger partial charge in [-0.15, -0.1) is 0 Å². The number of ether oxygens (including phenoxy) is 1. The van der Waals surface area contributed by atoms with Crippen LogP contribution in [0, 0.1) is 0 Å². The van der Waals surface area contributed by atoms with Crippen LogP contribution in [-0.4, -0.2) is 43.7 Å². The van der Waals surface area contributed by atoms with E-state index in [0.717, 1.165) is 12.2 Å². The highest BCUT2D eigenvalue weighted by atomic mass is 16.5. The highest BCUT2D eigenvalue weighted by Gasteiger charge is 2.23. The first-order chi connectivity index (χ1) is 9.58. The highest BCUT2D eigenvalue weighted by molar-refractivity contribution is 5.27.